The summed E-state index contributed by atoms with van der Waals surface area (Å²) >= 11 is 0. The Morgan fingerprint density at radius 3 is 2.62 bits per heavy atom. The summed E-state index contributed by atoms with van der Waals surface area (Å²) in [4.78, 5) is 17.4. The van der Waals surface area contributed by atoms with E-state index in [1.54, 1.807) is 0 Å². The lowest BCUT2D eigenvalue weighted by atomic mass is 10.1. The van der Waals surface area contributed by atoms with Crippen LogP contribution in [0.2, 0.25) is 0 Å². The summed E-state index contributed by atoms with van der Waals surface area (Å²) in [6.07, 6.45) is 1.41. The first-order chi connectivity index (χ1) is 14.2. The molecule has 0 unspecified atom stereocenters. The number of benzene rings is 2. The Bertz CT molecular complexity index is 794. The van der Waals surface area contributed by atoms with Gasteiger partial charge in [0.1, 0.15) is 0 Å². The minimum Gasteiger partial charge on any atom is -0.376 e. The molecule has 2 heterocycles. The van der Waals surface area contributed by atoms with E-state index in [-0.39, 0.29) is 5.91 Å². The minimum absolute atomic E-state index is 0.0229. The van der Waals surface area contributed by atoms with Gasteiger partial charge in [-0.25, -0.2) is 0 Å². The molecular formula is C24H31N3O2. The van der Waals surface area contributed by atoms with E-state index >= 15 is 0 Å². The minimum atomic E-state index is 0.0229. The molecule has 0 bridgehead atoms. The lowest BCUT2D eigenvalue weighted by molar-refractivity contribution is -0.0212. The summed E-state index contributed by atoms with van der Waals surface area (Å²) in [5, 5.41) is 3.13. The van der Waals surface area contributed by atoms with Crippen LogP contribution in [0.3, 0.4) is 0 Å². The number of anilines is 1. The highest BCUT2D eigenvalue weighted by Gasteiger charge is 2.23. The fourth-order valence-electron chi connectivity index (χ4n) is 4.27. The van der Waals surface area contributed by atoms with Gasteiger partial charge in [0.15, 0.2) is 0 Å². The Labute approximate surface area is 173 Å². The average molecular weight is 394 g/mol. The van der Waals surface area contributed by atoms with Gasteiger partial charge in [0.25, 0.3) is 5.91 Å². The van der Waals surface area contributed by atoms with Gasteiger partial charge in [-0.3, -0.25) is 9.69 Å². The molecule has 2 atom stereocenters. The van der Waals surface area contributed by atoms with Crippen molar-refractivity contribution in [1.82, 2.24) is 10.2 Å². The van der Waals surface area contributed by atoms with Crippen LogP contribution in [0.1, 0.15) is 29.3 Å². The molecule has 2 aromatic rings. The van der Waals surface area contributed by atoms with Crippen molar-refractivity contribution >= 4 is 11.6 Å². The van der Waals surface area contributed by atoms with Crippen molar-refractivity contribution in [3.8, 4) is 0 Å². The van der Waals surface area contributed by atoms with Crippen molar-refractivity contribution in [3.63, 3.8) is 0 Å². The van der Waals surface area contributed by atoms with Crippen LogP contribution in [0.25, 0.3) is 0 Å². The number of ether oxygens (including phenoxy) is 1. The van der Waals surface area contributed by atoms with E-state index in [1.165, 1.54) is 11.3 Å². The Morgan fingerprint density at radius 1 is 1.07 bits per heavy atom. The smallest absolute Gasteiger partial charge is 0.251 e. The van der Waals surface area contributed by atoms with Crippen molar-refractivity contribution in [2.24, 2.45) is 5.92 Å². The average Bonchev–Trinajstić information content (AvgIpc) is 3.22. The number of amides is 1. The van der Waals surface area contributed by atoms with Crippen LogP contribution in [0, 0.1) is 5.92 Å². The van der Waals surface area contributed by atoms with Gasteiger partial charge < -0.3 is 15.0 Å². The maximum Gasteiger partial charge on any atom is 0.251 e. The number of nitrogens with zero attached hydrogens (tertiary/aromatic N) is 2. The van der Waals surface area contributed by atoms with E-state index < -0.39 is 0 Å². The van der Waals surface area contributed by atoms with Crippen molar-refractivity contribution in [2.45, 2.75) is 26.0 Å². The van der Waals surface area contributed by atoms with Crippen molar-refractivity contribution in [3.05, 3.63) is 65.7 Å². The number of carbonyl (C=O) groups excluding carboxylic acids is 1. The zero-order valence-corrected chi connectivity index (χ0v) is 17.2. The number of para-hydroxylation sites is 1. The van der Waals surface area contributed by atoms with Crippen LogP contribution in [0.15, 0.2) is 54.6 Å². The molecule has 0 spiro atoms. The molecule has 4 rings (SSSR count). The van der Waals surface area contributed by atoms with Crippen LogP contribution < -0.4 is 10.2 Å². The molecule has 2 fully saturated rings. The second kappa shape index (κ2) is 9.42. The van der Waals surface area contributed by atoms with E-state index in [2.05, 4.69) is 58.4 Å². The third kappa shape index (κ3) is 5.37. The second-order valence-electron chi connectivity index (χ2n) is 8.26. The van der Waals surface area contributed by atoms with E-state index in [4.69, 9.17) is 4.74 Å². The highest BCUT2D eigenvalue weighted by molar-refractivity contribution is 5.94. The molecule has 29 heavy (non-hydrogen) atoms. The van der Waals surface area contributed by atoms with Gasteiger partial charge in [0.2, 0.25) is 0 Å². The number of nitrogens with one attached hydrogen (secondary N) is 1. The fourth-order valence-corrected chi connectivity index (χ4v) is 4.27. The molecule has 5 heteroatoms. The number of morpholine rings is 1. The van der Waals surface area contributed by atoms with E-state index in [1.807, 2.05) is 18.2 Å². The Kier molecular flexibility index (Phi) is 6.47. The first-order valence-electron chi connectivity index (χ1n) is 10.7. The maximum atomic E-state index is 12.5. The molecule has 0 radical (unpaired) electrons. The second-order valence-corrected chi connectivity index (χ2v) is 8.26. The largest absolute Gasteiger partial charge is 0.376 e. The van der Waals surface area contributed by atoms with E-state index in [0.717, 1.165) is 57.9 Å². The van der Waals surface area contributed by atoms with Crippen LogP contribution in [-0.2, 0) is 11.3 Å². The highest BCUT2D eigenvalue weighted by atomic mass is 16.5. The van der Waals surface area contributed by atoms with Crippen LogP contribution in [-0.4, -0.2) is 56.2 Å². The highest BCUT2D eigenvalue weighted by Crippen LogP contribution is 2.23. The summed E-state index contributed by atoms with van der Waals surface area (Å²) in [7, 11) is 0. The third-order valence-electron chi connectivity index (χ3n) is 5.91. The van der Waals surface area contributed by atoms with Gasteiger partial charge >= 0.3 is 0 Å². The molecule has 154 valence electrons. The van der Waals surface area contributed by atoms with Gasteiger partial charge in [-0.05, 0) is 49.1 Å². The van der Waals surface area contributed by atoms with Gasteiger partial charge in [0, 0.05) is 50.5 Å². The number of carbonyl (C=O) groups is 1. The van der Waals surface area contributed by atoms with Crippen molar-refractivity contribution in [1.29, 1.82) is 0 Å². The monoisotopic (exact) mass is 393 g/mol. The van der Waals surface area contributed by atoms with Gasteiger partial charge in [-0.15, -0.1) is 0 Å². The first-order valence-corrected chi connectivity index (χ1v) is 10.7. The first kappa shape index (κ1) is 19.9. The van der Waals surface area contributed by atoms with Crippen molar-refractivity contribution in [2.75, 3.05) is 44.2 Å². The molecule has 1 N–H and O–H groups in total. The summed E-state index contributed by atoms with van der Waals surface area (Å²) in [5.41, 5.74) is 3.25. The standard InChI is InChI=1S/C24H31N3O2/c1-19-16-26(13-14-29-19)17-20-7-9-22(10-8-20)24(28)25-15-21-11-12-27(18-21)23-5-3-2-4-6-23/h2-10,19,21H,11-18H2,1H3,(H,25,28)/t19-,21+/m0/s1. The predicted molar refractivity (Wildman–Crippen MR) is 116 cm³/mol. The normalized spacial score (nSPS) is 22.6. The quantitative estimate of drug-likeness (QED) is 0.819. The SMILES string of the molecule is C[C@H]1CN(Cc2ccc(C(=O)NC[C@H]3CCN(c4ccccc4)C3)cc2)CCO1. The molecule has 2 aliphatic heterocycles. The van der Waals surface area contributed by atoms with Crippen LogP contribution in [0.4, 0.5) is 5.69 Å². The number of rotatable bonds is 6. The maximum absolute atomic E-state index is 12.5. The van der Waals surface area contributed by atoms with Crippen LogP contribution in [0.5, 0.6) is 0 Å². The van der Waals surface area contributed by atoms with Crippen LogP contribution >= 0.6 is 0 Å². The summed E-state index contributed by atoms with van der Waals surface area (Å²) in [5.74, 6) is 0.524. The summed E-state index contributed by atoms with van der Waals surface area (Å²) in [6, 6.07) is 18.5. The predicted octanol–water partition coefficient (Wildman–Crippen LogP) is 3.16. The Balaban J connectivity index is 1.24. The van der Waals surface area contributed by atoms with Crippen molar-refractivity contribution < 1.29 is 9.53 Å². The molecule has 2 aliphatic rings. The zero-order chi connectivity index (χ0) is 20.1. The summed E-state index contributed by atoms with van der Waals surface area (Å²) < 4.78 is 5.60. The summed E-state index contributed by atoms with van der Waals surface area (Å²) in [6.45, 7) is 8.54. The number of hydrogen-bond donors (Lipinski definition) is 1. The van der Waals surface area contributed by atoms with E-state index in [0.29, 0.717) is 12.0 Å². The molecule has 1 amide bonds. The Morgan fingerprint density at radius 2 is 1.86 bits per heavy atom. The third-order valence-corrected chi connectivity index (χ3v) is 5.91. The molecular weight excluding hydrogens is 362 g/mol. The fraction of sp³-hybridized carbons (Fsp3) is 0.458. The van der Waals surface area contributed by atoms with Gasteiger partial charge in [-0.2, -0.15) is 0 Å². The molecule has 2 aromatic carbocycles. The Hall–Kier alpha value is -2.37. The van der Waals surface area contributed by atoms with Gasteiger partial charge in [0.05, 0.1) is 12.7 Å². The van der Waals surface area contributed by atoms with Gasteiger partial charge in [-0.1, -0.05) is 30.3 Å². The number of hydrogen-bond acceptors (Lipinski definition) is 4. The van der Waals surface area contributed by atoms with E-state index in [9.17, 15) is 4.79 Å². The molecule has 2 saturated heterocycles. The molecule has 5 nitrogen and oxygen atoms in total. The lowest BCUT2D eigenvalue weighted by Crippen LogP contribution is -2.40. The molecule has 0 aromatic heterocycles. The molecule has 0 aliphatic carbocycles. The molecule has 0 saturated carbocycles. The lowest BCUT2D eigenvalue weighted by Gasteiger charge is -2.31. The zero-order valence-electron chi connectivity index (χ0n) is 17.2. The topological polar surface area (TPSA) is 44.8 Å².